The maximum atomic E-state index is 13.2. The number of anilines is 1. The lowest BCUT2D eigenvalue weighted by atomic mass is 10.1. The number of hydrogen-bond donors (Lipinski definition) is 2. The Morgan fingerprint density at radius 3 is 2.44 bits per heavy atom. The molecule has 0 radical (unpaired) electrons. The normalized spacial score (nSPS) is 12.6. The van der Waals surface area contributed by atoms with E-state index in [1.54, 1.807) is 6.07 Å². The Hall–Kier alpha value is -3.69. The highest BCUT2D eigenvalue weighted by atomic mass is 32.2. The van der Waals surface area contributed by atoms with Crippen LogP contribution in [0.4, 0.5) is 5.69 Å². The zero-order chi connectivity index (χ0) is 24.5. The van der Waals surface area contributed by atoms with E-state index in [-0.39, 0.29) is 16.9 Å². The molecule has 1 atom stereocenters. The van der Waals surface area contributed by atoms with E-state index in [2.05, 4.69) is 10.0 Å². The maximum absolute atomic E-state index is 13.2. The first-order valence-corrected chi connectivity index (χ1v) is 12.2. The molecule has 4 rings (SSSR count). The fourth-order valence-electron chi connectivity index (χ4n) is 3.62. The van der Waals surface area contributed by atoms with E-state index in [9.17, 15) is 18.0 Å². The van der Waals surface area contributed by atoms with Crippen LogP contribution >= 0.6 is 0 Å². The molecule has 8 nitrogen and oxygen atoms in total. The summed E-state index contributed by atoms with van der Waals surface area (Å²) in [5, 5.41) is 2.82. The number of benzene rings is 3. The van der Waals surface area contributed by atoms with Crippen molar-refractivity contribution in [2.45, 2.75) is 31.2 Å². The van der Waals surface area contributed by atoms with Crippen LogP contribution in [0.3, 0.4) is 0 Å². The molecule has 34 heavy (non-hydrogen) atoms. The van der Waals surface area contributed by atoms with Crippen LogP contribution in [0.15, 0.2) is 80.8 Å². The highest BCUT2D eigenvalue weighted by Gasteiger charge is 2.27. The van der Waals surface area contributed by atoms with Gasteiger partial charge >= 0.3 is 5.76 Å². The smallest absolute Gasteiger partial charge is 0.408 e. The van der Waals surface area contributed by atoms with Crippen molar-refractivity contribution in [1.82, 2.24) is 9.29 Å². The molecule has 0 spiro atoms. The molecular formula is C25H25N3O5S. The molecule has 2 N–H and O–H groups in total. The van der Waals surface area contributed by atoms with Gasteiger partial charge in [-0.15, -0.1) is 0 Å². The first-order chi connectivity index (χ1) is 16.1. The van der Waals surface area contributed by atoms with E-state index < -0.39 is 27.7 Å². The van der Waals surface area contributed by atoms with Gasteiger partial charge in [-0.2, -0.15) is 4.72 Å². The molecular weight excluding hydrogens is 454 g/mol. The molecule has 0 aliphatic carbocycles. The van der Waals surface area contributed by atoms with Gasteiger partial charge in [-0.3, -0.25) is 9.36 Å². The minimum absolute atomic E-state index is 0.105. The Bertz CT molecular complexity index is 1520. The molecule has 0 aliphatic rings. The van der Waals surface area contributed by atoms with Crippen molar-refractivity contribution in [2.24, 2.45) is 7.05 Å². The van der Waals surface area contributed by atoms with Crippen LogP contribution in [0.25, 0.3) is 11.1 Å². The summed E-state index contributed by atoms with van der Waals surface area (Å²) in [6.45, 7) is 3.91. The topological polar surface area (TPSA) is 110 Å². The Labute approximate surface area is 197 Å². The van der Waals surface area contributed by atoms with Crippen molar-refractivity contribution in [3.63, 3.8) is 0 Å². The first-order valence-electron chi connectivity index (χ1n) is 10.7. The van der Waals surface area contributed by atoms with Gasteiger partial charge in [0.05, 0.1) is 10.4 Å². The summed E-state index contributed by atoms with van der Waals surface area (Å²) < 4.78 is 35.3. The number of nitrogens with zero attached hydrogens (tertiary/aromatic N) is 1. The van der Waals surface area contributed by atoms with Gasteiger partial charge in [0.15, 0.2) is 5.58 Å². The predicted octanol–water partition coefficient (Wildman–Crippen LogP) is 3.28. The third kappa shape index (κ3) is 4.95. The number of amides is 1. The van der Waals surface area contributed by atoms with Crippen LogP contribution < -0.4 is 15.8 Å². The van der Waals surface area contributed by atoms with Crippen LogP contribution in [0.2, 0.25) is 0 Å². The van der Waals surface area contributed by atoms with Gasteiger partial charge in [0.2, 0.25) is 15.9 Å². The molecule has 3 aromatic carbocycles. The second kappa shape index (κ2) is 9.28. The largest absolute Gasteiger partial charge is 0.419 e. The monoisotopic (exact) mass is 479 g/mol. The van der Waals surface area contributed by atoms with E-state index in [0.717, 1.165) is 16.7 Å². The molecule has 0 saturated carbocycles. The molecule has 0 saturated heterocycles. The van der Waals surface area contributed by atoms with E-state index >= 15 is 0 Å². The van der Waals surface area contributed by atoms with Crippen LogP contribution in [0.5, 0.6) is 0 Å². The average Bonchev–Trinajstić information content (AvgIpc) is 3.09. The number of rotatable bonds is 7. The van der Waals surface area contributed by atoms with Gasteiger partial charge in [-0.05, 0) is 61.2 Å². The SMILES string of the molecule is Cc1ccc(NC(=O)[C@@H](Cc2ccccc2)NS(=O)(=O)c2ccc3c(c2)oc(=O)n3C)cc1C. The van der Waals surface area contributed by atoms with Crippen molar-refractivity contribution < 1.29 is 17.6 Å². The van der Waals surface area contributed by atoms with E-state index in [4.69, 9.17) is 4.42 Å². The zero-order valence-electron chi connectivity index (χ0n) is 19.0. The predicted molar refractivity (Wildman–Crippen MR) is 130 cm³/mol. The fraction of sp³-hybridized carbons (Fsp3) is 0.200. The number of nitrogens with one attached hydrogen (secondary N) is 2. The number of sulfonamides is 1. The Kier molecular flexibility index (Phi) is 6.41. The van der Waals surface area contributed by atoms with Gasteiger partial charge in [0.25, 0.3) is 0 Å². The summed E-state index contributed by atoms with van der Waals surface area (Å²) in [6.07, 6.45) is 0.152. The number of carbonyl (C=O) groups excluding carboxylic acids is 1. The number of hydrogen-bond acceptors (Lipinski definition) is 5. The third-order valence-electron chi connectivity index (χ3n) is 5.75. The summed E-state index contributed by atoms with van der Waals surface area (Å²) >= 11 is 0. The van der Waals surface area contributed by atoms with Crippen LogP contribution in [0.1, 0.15) is 16.7 Å². The summed E-state index contributed by atoms with van der Waals surface area (Å²) in [5.41, 5.74) is 4.10. The molecule has 0 aliphatic heterocycles. The lowest BCUT2D eigenvalue weighted by Gasteiger charge is -2.19. The fourth-order valence-corrected chi connectivity index (χ4v) is 4.83. The second-order valence-corrected chi connectivity index (χ2v) is 9.92. The Morgan fingerprint density at radius 2 is 1.74 bits per heavy atom. The van der Waals surface area contributed by atoms with Crippen molar-refractivity contribution in [3.05, 3.63) is 94.0 Å². The third-order valence-corrected chi connectivity index (χ3v) is 7.21. The lowest BCUT2D eigenvalue weighted by Crippen LogP contribution is -2.45. The molecule has 4 aromatic rings. The minimum Gasteiger partial charge on any atom is -0.408 e. The Balaban J connectivity index is 1.64. The second-order valence-electron chi connectivity index (χ2n) is 8.21. The summed E-state index contributed by atoms with van der Waals surface area (Å²) in [4.78, 5) is 24.8. The van der Waals surface area contributed by atoms with Gasteiger partial charge in [0, 0.05) is 18.8 Å². The van der Waals surface area contributed by atoms with Gasteiger partial charge in [-0.25, -0.2) is 13.2 Å². The maximum Gasteiger partial charge on any atom is 0.419 e. The van der Waals surface area contributed by atoms with Crippen molar-refractivity contribution in [2.75, 3.05) is 5.32 Å². The number of oxazole rings is 1. The standard InChI is InChI=1S/C25H25N3O5S/c1-16-9-10-19(13-17(16)2)26-24(29)21(14-18-7-5-4-6-8-18)27-34(31,32)20-11-12-22-23(15-20)33-25(30)28(22)3/h4-13,15,21,27H,14H2,1-3H3,(H,26,29)/t21-/m1/s1. The zero-order valence-corrected chi connectivity index (χ0v) is 19.8. The number of carbonyl (C=O) groups is 1. The van der Waals surface area contributed by atoms with Gasteiger partial charge in [-0.1, -0.05) is 36.4 Å². The van der Waals surface area contributed by atoms with Gasteiger partial charge in [0.1, 0.15) is 6.04 Å². The molecule has 176 valence electrons. The van der Waals surface area contributed by atoms with Gasteiger partial charge < -0.3 is 9.73 Å². The van der Waals surface area contributed by atoms with Crippen LogP contribution in [0, 0.1) is 13.8 Å². The van der Waals surface area contributed by atoms with Crippen LogP contribution in [-0.2, 0) is 28.3 Å². The average molecular weight is 480 g/mol. The Morgan fingerprint density at radius 1 is 1.00 bits per heavy atom. The van der Waals surface area contributed by atoms with Crippen molar-refractivity contribution in [1.29, 1.82) is 0 Å². The first kappa shape index (κ1) is 23.5. The van der Waals surface area contributed by atoms with Crippen molar-refractivity contribution >= 4 is 32.7 Å². The molecule has 1 amide bonds. The summed E-state index contributed by atoms with van der Waals surface area (Å²) in [5.74, 6) is -1.07. The van der Waals surface area contributed by atoms with Crippen molar-refractivity contribution in [3.8, 4) is 0 Å². The molecule has 1 heterocycles. The number of aromatic nitrogens is 1. The van der Waals surface area contributed by atoms with Crippen LogP contribution in [-0.4, -0.2) is 24.9 Å². The summed E-state index contributed by atoms with van der Waals surface area (Å²) in [7, 11) is -2.57. The highest BCUT2D eigenvalue weighted by Crippen LogP contribution is 2.20. The highest BCUT2D eigenvalue weighted by molar-refractivity contribution is 7.89. The number of fused-ring (bicyclic) bond motifs is 1. The molecule has 9 heteroatoms. The molecule has 0 fully saturated rings. The van der Waals surface area contributed by atoms with E-state index in [1.165, 1.54) is 29.8 Å². The lowest BCUT2D eigenvalue weighted by molar-refractivity contribution is -0.117. The summed E-state index contributed by atoms with van der Waals surface area (Å²) in [6, 6.07) is 17.7. The molecule has 1 aromatic heterocycles. The van der Waals surface area contributed by atoms with E-state index in [1.807, 2.05) is 56.3 Å². The van der Waals surface area contributed by atoms with E-state index in [0.29, 0.717) is 11.2 Å². The number of aryl methyl sites for hydroxylation is 3. The molecule has 0 unspecified atom stereocenters. The quantitative estimate of drug-likeness (QED) is 0.423. The molecule has 0 bridgehead atoms. The minimum atomic E-state index is -4.11.